The van der Waals surface area contributed by atoms with Crippen LogP contribution < -0.4 is 4.74 Å². The zero-order valence-electron chi connectivity index (χ0n) is 10.7. The third-order valence-electron chi connectivity index (χ3n) is 3.25. The minimum absolute atomic E-state index is 0.196. The number of fused-ring (bicyclic) bond motifs is 4. The molecule has 0 aliphatic heterocycles. The van der Waals surface area contributed by atoms with Crippen LogP contribution in [0.5, 0.6) is 11.5 Å². The lowest BCUT2D eigenvalue weighted by molar-refractivity contribution is 0.467. The van der Waals surface area contributed by atoms with Gasteiger partial charge in [0.1, 0.15) is 34.3 Å². The molecular formula is C15H11N3O2. The molecule has 0 saturated carbocycles. The van der Waals surface area contributed by atoms with Gasteiger partial charge in [-0.3, -0.25) is 0 Å². The molecule has 4 aromatic rings. The van der Waals surface area contributed by atoms with Gasteiger partial charge >= 0.3 is 0 Å². The topological polar surface area (TPSA) is 43.2 Å². The molecule has 98 valence electrons. The second-order valence-electron chi connectivity index (χ2n) is 4.46. The third kappa shape index (κ3) is 1.33. The Balaban J connectivity index is 1.84. The lowest BCUT2D eigenvalue weighted by Gasteiger charge is -2.01. The first kappa shape index (κ1) is 10.9. The molecule has 20 heavy (non-hydrogen) atoms. The number of aromatic nitrogens is 3. The number of hydrogen-bond acceptors (Lipinski definition) is 2. The van der Waals surface area contributed by atoms with Crippen LogP contribution in [-0.4, -0.2) is 19.2 Å². The Kier molecular flexibility index (Phi) is 2.04. The molecule has 2 heterocycles. The van der Waals surface area contributed by atoms with E-state index in [-0.39, 0.29) is 5.75 Å². The smallest absolute Gasteiger partial charge is 0.143 e. The molecule has 0 amide bonds. The summed E-state index contributed by atoms with van der Waals surface area (Å²) in [5.41, 5.74) is 2.90. The number of phenolic OH excluding ortho intramolecular Hbond substituents is 1. The first-order valence-corrected chi connectivity index (χ1v) is 6.22. The van der Waals surface area contributed by atoms with Gasteiger partial charge in [0.25, 0.3) is 0 Å². The number of aromatic hydroxyl groups is 1. The van der Waals surface area contributed by atoms with Crippen molar-refractivity contribution in [1.82, 2.24) is 14.1 Å². The normalized spacial score (nSPS) is 11.1. The maximum absolute atomic E-state index is 10.0. The van der Waals surface area contributed by atoms with E-state index >= 15 is 0 Å². The van der Waals surface area contributed by atoms with Crippen molar-refractivity contribution in [3.63, 3.8) is 0 Å². The Morgan fingerprint density at radius 1 is 1.05 bits per heavy atom. The SMILES string of the molecule is CC#COc1ccc(O)c(-n2n3c4ccccc4n23)c1. The first-order valence-electron chi connectivity index (χ1n) is 6.22. The monoisotopic (exact) mass is 265 g/mol. The van der Waals surface area contributed by atoms with Crippen molar-refractivity contribution in [1.29, 1.82) is 0 Å². The lowest BCUT2D eigenvalue weighted by Crippen LogP contribution is -1.89. The Morgan fingerprint density at radius 2 is 1.75 bits per heavy atom. The second kappa shape index (κ2) is 3.75. The summed E-state index contributed by atoms with van der Waals surface area (Å²) in [5.74, 6) is 3.47. The summed E-state index contributed by atoms with van der Waals surface area (Å²) in [5, 5.41) is 10.0. The van der Waals surface area contributed by atoms with Crippen LogP contribution in [-0.2, 0) is 0 Å². The fourth-order valence-corrected chi connectivity index (χ4v) is 2.33. The zero-order chi connectivity index (χ0) is 13.7. The Morgan fingerprint density at radius 3 is 2.40 bits per heavy atom. The number of ether oxygens (including phenoxy) is 1. The number of nitrogens with zero attached hydrogens (tertiary/aromatic N) is 3. The number of benzene rings is 2. The average Bonchev–Trinajstić information content (AvgIpc) is 3.12. The van der Waals surface area contributed by atoms with Crippen molar-refractivity contribution in [3.05, 3.63) is 42.5 Å². The van der Waals surface area contributed by atoms with Crippen molar-refractivity contribution >= 4 is 11.0 Å². The van der Waals surface area contributed by atoms with Gasteiger partial charge in [0, 0.05) is 13.0 Å². The number of phenols is 1. The highest BCUT2D eigenvalue weighted by molar-refractivity contribution is 5.79. The van der Waals surface area contributed by atoms with Crippen molar-refractivity contribution in [2.75, 3.05) is 0 Å². The van der Waals surface area contributed by atoms with E-state index in [9.17, 15) is 5.11 Å². The highest BCUT2D eigenvalue weighted by Gasteiger charge is 2.25. The van der Waals surface area contributed by atoms with E-state index < -0.39 is 0 Å². The first-order chi connectivity index (χ1) is 9.81. The van der Waals surface area contributed by atoms with Gasteiger partial charge in [0.15, 0.2) is 0 Å². The van der Waals surface area contributed by atoms with Crippen LogP contribution in [0.15, 0.2) is 42.5 Å². The maximum atomic E-state index is 10.0. The van der Waals surface area contributed by atoms with Crippen molar-refractivity contribution in [3.8, 4) is 29.2 Å². The lowest BCUT2D eigenvalue weighted by atomic mass is 10.3. The molecule has 0 fully saturated rings. The molecule has 0 atom stereocenters. The number of para-hydroxylation sites is 2. The molecule has 2 aromatic carbocycles. The van der Waals surface area contributed by atoms with Gasteiger partial charge in [-0.25, -0.2) is 0 Å². The predicted octanol–water partition coefficient (Wildman–Crippen LogP) is 2.49. The Labute approximate surface area is 114 Å². The van der Waals surface area contributed by atoms with Crippen LogP contribution in [0.2, 0.25) is 0 Å². The minimum atomic E-state index is 0.196. The summed E-state index contributed by atoms with van der Waals surface area (Å²) in [7, 11) is 0. The number of hydrogen-bond donors (Lipinski definition) is 1. The fraction of sp³-hybridized carbons (Fsp3) is 0.0667. The van der Waals surface area contributed by atoms with Gasteiger partial charge in [-0.05, 0) is 24.3 Å². The van der Waals surface area contributed by atoms with Crippen molar-refractivity contribution in [2.45, 2.75) is 6.92 Å². The highest BCUT2D eigenvalue weighted by atomic mass is 16.5. The van der Waals surface area contributed by atoms with Crippen molar-refractivity contribution in [2.24, 2.45) is 0 Å². The molecule has 1 N–H and O–H groups in total. The fourth-order valence-electron chi connectivity index (χ4n) is 2.33. The van der Waals surface area contributed by atoms with E-state index in [1.807, 2.05) is 38.3 Å². The molecule has 0 spiro atoms. The van der Waals surface area contributed by atoms with E-state index in [0.29, 0.717) is 11.4 Å². The van der Waals surface area contributed by atoms with E-state index in [0.717, 1.165) is 11.0 Å². The molecule has 5 heteroatoms. The molecule has 0 bridgehead atoms. The van der Waals surface area contributed by atoms with Gasteiger partial charge in [-0.1, -0.05) is 18.1 Å². The summed E-state index contributed by atoms with van der Waals surface area (Å²) in [4.78, 5) is 1.88. The Bertz CT molecular complexity index is 920. The molecule has 0 aliphatic rings. The van der Waals surface area contributed by atoms with E-state index in [2.05, 4.69) is 12.0 Å². The molecular weight excluding hydrogens is 254 g/mol. The van der Waals surface area contributed by atoms with E-state index in [4.69, 9.17) is 4.74 Å². The van der Waals surface area contributed by atoms with Crippen molar-refractivity contribution < 1.29 is 9.84 Å². The maximum Gasteiger partial charge on any atom is 0.143 e. The molecule has 2 aromatic heterocycles. The van der Waals surface area contributed by atoms with Gasteiger partial charge in [-0.15, -0.1) is 14.1 Å². The third-order valence-corrected chi connectivity index (χ3v) is 3.25. The van der Waals surface area contributed by atoms with Crippen LogP contribution in [0, 0.1) is 12.0 Å². The zero-order valence-corrected chi connectivity index (χ0v) is 10.7. The molecule has 0 radical (unpaired) electrons. The van der Waals surface area contributed by atoms with Crippen LogP contribution in [0.1, 0.15) is 6.92 Å². The molecule has 4 rings (SSSR count). The molecule has 5 nitrogen and oxygen atoms in total. The second-order valence-corrected chi connectivity index (χ2v) is 4.46. The summed E-state index contributed by atoms with van der Waals surface area (Å²) in [6, 6.07) is 13.1. The molecule has 0 saturated heterocycles. The van der Waals surface area contributed by atoms with E-state index in [1.54, 1.807) is 25.1 Å². The average molecular weight is 265 g/mol. The molecule has 0 aliphatic carbocycles. The standard InChI is InChI=1S/C15H11N3O2/c1-2-9-20-11-7-8-15(19)14(10-11)18-16-12-5-3-4-6-13(12)17(16)18/h3-8,10,19H,1H3. The van der Waals surface area contributed by atoms with Crippen LogP contribution in [0.25, 0.3) is 16.7 Å². The van der Waals surface area contributed by atoms with Gasteiger partial charge in [0.05, 0.1) is 0 Å². The summed E-state index contributed by atoms with van der Waals surface area (Å²) >= 11 is 0. The summed E-state index contributed by atoms with van der Waals surface area (Å²) in [6.07, 6.45) is 2.55. The predicted molar refractivity (Wildman–Crippen MR) is 74.6 cm³/mol. The highest BCUT2D eigenvalue weighted by Crippen LogP contribution is 2.32. The summed E-state index contributed by atoms with van der Waals surface area (Å²) < 4.78 is 9.20. The van der Waals surface area contributed by atoms with Gasteiger partial charge < -0.3 is 9.84 Å². The van der Waals surface area contributed by atoms with Gasteiger partial charge in [-0.2, -0.15) is 0 Å². The van der Waals surface area contributed by atoms with E-state index in [1.165, 1.54) is 0 Å². The minimum Gasteiger partial charge on any atom is -0.506 e. The number of rotatable bonds is 2. The molecule has 0 unspecified atom stereocenters. The van der Waals surface area contributed by atoms with Crippen LogP contribution in [0.4, 0.5) is 0 Å². The Hall–Kier alpha value is -3.00. The largest absolute Gasteiger partial charge is 0.506 e. The van der Waals surface area contributed by atoms with Gasteiger partial charge in [0.2, 0.25) is 0 Å². The van der Waals surface area contributed by atoms with Crippen LogP contribution >= 0.6 is 0 Å². The quantitative estimate of drug-likeness (QED) is 0.566. The summed E-state index contributed by atoms with van der Waals surface area (Å²) in [6.45, 7) is 1.71. The van der Waals surface area contributed by atoms with Crippen LogP contribution in [0.3, 0.4) is 0 Å².